The van der Waals surface area contributed by atoms with E-state index < -0.39 is 5.82 Å². The van der Waals surface area contributed by atoms with Crippen LogP contribution in [0.15, 0.2) is 54.6 Å². The third-order valence-corrected chi connectivity index (χ3v) is 7.14. The van der Waals surface area contributed by atoms with E-state index in [9.17, 15) is 14.4 Å². The van der Waals surface area contributed by atoms with Gasteiger partial charge in [0.25, 0.3) is 0 Å². The highest BCUT2D eigenvalue weighted by Crippen LogP contribution is 2.32. The second-order valence-electron chi connectivity index (χ2n) is 8.94. The molecule has 2 aromatic carbocycles. The molecule has 0 radical (unpaired) electrons. The van der Waals surface area contributed by atoms with E-state index in [4.69, 9.17) is 34.8 Å². The Hall–Kier alpha value is -3.12. The zero-order valence-electron chi connectivity index (χ0n) is 20.4. The molecule has 1 amide bonds. The molecule has 6 nitrogen and oxygen atoms in total. The summed E-state index contributed by atoms with van der Waals surface area (Å²) in [5, 5.41) is 13.9. The molecule has 3 heterocycles. The summed E-state index contributed by atoms with van der Waals surface area (Å²) in [4.78, 5) is 19.6. The van der Waals surface area contributed by atoms with E-state index in [0.717, 1.165) is 34.3 Å². The maximum Gasteiger partial charge on any atom is 0.326 e. The maximum absolute atomic E-state index is 13.7. The van der Waals surface area contributed by atoms with Crippen molar-refractivity contribution in [1.29, 1.82) is 5.26 Å². The first kappa shape index (κ1) is 28.9. The highest BCUT2D eigenvalue weighted by molar-refractivity contribution is 6.32. The van der Waals surface area contributed by atoms with Crippen molar-refractivity contribution in [2.45, 2.75) is 19.5 Å². The molecule has 0 spiro atoms. The van der Waals surface area contributed by atoms with Gasteiger partial charge in [0.2, 0.25) is 0 Å². The lowest BCUT2D eigenvalue weighted by Gasteiger charge is -2.27. The number of halogens is 5. The number of nitrogens with zero attached hydrogens (tertiary/aromatic N) is 4. The number of nitrogens with one attached hydrogen (secondary N) is 1. The van der Waals surface area contributed by atoms with Crippen molar-refractivity contribution < 1.29 is 9.18 Å². The Balaban J connectivity index is 0.00000353. The second-order valence-corrected chi connectivity index (χ2v) is 10.1. The topological polar surface area (TPSA) is 74.0 Å². The van der Waals surface area contributed by atoms with Crippen molar-refractivity contribution in [2.24, 2.45) is 0 Å². The first-order chi connectivity index (χ1) is 18.3. The van der Waals surface area contributed by atoms with Crippen LogP contribution < -0.4 is 5.32 Å². The lowest BCUT2D eigenvalue weighted by Crippen LogP contribution is -2.34. The third kappa shape index (κ3) is 6.38. The number of hydrogen-bond acceptors (Lipinski definition) is 4. The largest absolute Gasteiger partial charge is 0.333 e. The number of nitriles is 1. The van der Waals surface area contributed by atoms with Gasteiger partial charge in [-0.15, -0.1) is 12.4 Å². The van der Waals surface area contributed by atoms with Crippen molar-refractivity contribution >= 4 is 70.2 Å². The van der Waals surface area contributed by atoms with E-state index in [1.54, 1.807) is 34.9 Å². The molecule has 0 saturated heterocycles. The Labute approximate surface area is 246 Å². The molecular formula is C28H22Cl4FN5O. The van der Waals surface area contributed by atoms with E-state index in [0.29, 0.717) is 30.6 Å². The summed E-state index contributed by atoms with van der Waals surface area (Å²) in [7, 11) is 0. The summed E-state index contributed by atoms with van der Waals surface area (Å²) in [6, 6.07) is 15.3. The van der Waals surface area contributed by atoms with E-state index in [2.05, 4.69) is 21.3 Å². The molecule has 0 bridgehead atoms. The summed E-state index contributed by atoms with van der Waals surface area (Å²) in [6.07, 6.45) is 4.50. The molecule has 0 unspecified atom stereocenters. The van der Waals surface area contributed by atoms with Crippen molar-refractivity contribution in [3.63, 3.8) is 0 Å². The average Bonchev–Trinajstić information content (AvgIpc) is 3.21. The molecule has 0 aliphatic carbocycles. The minimum Gasteiger partial charge on any atom is -0.333 e. The Kier molecular flexibility index (Phi) is 9.16. The van der Waals surface area contributed by atoms with Crippen LogP contribution in [-0.4, -0.2) is 33.6 Å². The van der Waals surface area contributed by atoms with Crippen molar-refractivity contribution in [3.05, 3.63) is 104 Å². The Bertz CT molecular complexity index is 1610. The number of rotatable bonds is 5. The van der Waals surface area contributed by atoms with Crippen LogP contribution in [0.1, 0.15) is 27.9 Å². The van der Waals surface area contributed by atoms with Gasteiger partial charge < -0.3 is 5.32 Å². The fraction of sp³-hybridized carbons (Fsp3) is 0.179. The molecule has 5 rings (SSSR count). The van der Waals surface area contributed by atoms with Crippen LogP contribution in [0, 0.1) is 17.1 Å². The van der Waals surface area contributed by atoms with Crippen LogP contribution in [0.2, 0.25) is 15.3 Å². The third-order valence-electron chi connectivity index (χ3n) is 6.44. The smallest absolute Gasteiger partial charge is 0.326 e. The van der Waals surface area contributed by atoms with Gasteiger partial charge >= 0.3 is 6.03 Å². The molecule has 11 heteroatoms. The van der Waals surface area contributed by atoms with Gasteiger partial charge in [0.15, 0.2) is 0 Å². The van der Waals surface area contributed by atoms with E-state index in [1.165, 1.54) is 12.1 Å². The van der Waals surface area contributed by atoms with Crippen LogP contribution in [0.25, 0.3) is 17.0 Å². The zero-order chi connectivity index (χ0) is 26.8. The fourth-order valence-electron chi connectivity index (χ4n) is 4.70. The first-order valence-corrected chi connectivity index (χ1v) is 13.0. The van der Waals surface area contributed by atoms with Gasteiger partial charge in [0.05, 0.1) is 22.2 Å². The molecule has 1 aliphatic heterocycles. The molecule has 0 atom stereocenters. The number of fused-ring (bicyclic) bond motifs is 3. The number of carbonyl (C=O) groups is 1. The number of hydrogen-bond donors (Lipinski definition) is 1. The van der Waals surface area contributed by atoms with Crippen LogP contribution in [0.5, 0.6) is 0 Å². The summed E-state index contributed by atoms with van der Waals surface area (Å²) < 4.78 is 15.4. The van der Waals surface area contributed by atoms with Crippen LogP contribution >= 0.6 is 47.2 Å². The van der Waals surface area contributed by atoms with E-state index in [-0.39, 0.29) is 40.3 Å². The number of amides is 1. The predicted molar refractivity (Wildman–Crippen MR) is 155 cm³/mol. The molecular weight excluding hydrogens is 583 g/mol. The summed E-state index contributed by atoms with van der Waals surface area (Å²) in [5.41, 5.74) is 4.59. The Morgan fingerprint density at radius 2 is 1.90 bits per heavy atom. The molecule has 1 N–H and O–H groups in total. The number of benzene rings is 2. The van der Waals surface area contributed by atoms with E-state index >= 15 is 0 Å². The van der Waals surface area contributed by atoms with Gasteiger partial charge in [-0.05, 0) is 53.1 Å². The van der Waals surface area contributed by atoms with Crippen LogP contribution in [-0.2, 0) is 19.5 Å². The number of carbonyl (C=O) groups excluding carboxylic acids is 1. The van der Waals surface area contributed by atoms with Crippen LogP contribution in [0.3, 0.4) is 0 Å². The fourth-order valence-corrected chi connectivity index (χ4v) is 5.32. The molecule has 2 aromatic heterocycles. The Morgan fingerprint density at radius 1 is 1.13 bits per heavy atom. The van der Waals surface area contributed by atoms with Gasteiger partial charge in [-0.2, -0.15) is 5.26 Å². The standard InChI is InChI=1S/C28H21Cl3FN5O.ClH/c29-22-6-4-17(10-23(22)32)2-1-8-36-9-7-24-21(16-36)20-5-3-18(14-33)11-25(20)37(24)28(38)34-15-19-12-26(30)35-27(31)13-19;/h1-6,10-13H,7-9,15-16H2,(H,34,38);1H/b2-1+;. The molecule has 4 aromatic rings. The quantitative estimate of drug-likeness (QED) is 0.243. The van der Waals surface area contributed by atoms with Gasteiger partial charge in [0.1, 0.15) is 16.1 Å². The highest BCUT2D eigenvalue weighted by Gasteiger charge is 2.26. The van der Waals surface area contributed by atoms with Gasteiger partial charge in [-0.3, -0.25) is 9.47 Å². The van der Waals surface area contributed by atoms with Crippen molar-refractivity contribution in [1.82, 2.24) is 19.8 Å². The molecule has 1 aliphatic rings. The number of pyridine rings is 1. The van der Waals surface area contributed by atoms with Gasteiger partial charge in [-0.1, -0.05) is 59.1 Å². The molecule has 200 valence electrons. The minimum absolute atomic E-state index is 0. The van der Waals surface area contributed by atoms with Crippen molar-refractivity contribution in [2.75, 3.05) is 13.1 Å². The monoisotopic (exact) mass is 603 g/mol. The lowest BCUT2D eigenvalue weighted by atomic mass is 10.0. The minimum atomic E-state index is -0.450. The first-order valence-electron chi connectivity index (χ1n) is 11.8. The molecule has 0 saturated carbocycles. The summed E-state index contributed by atoms with van der Waals surface area (Å²) in [5.74, 6) is -0.450. The van der Waals surface area contributed by atoms with Crippen LogP contribution in [0.4, 0.5) is 9.18 Å². The second kappa shape index (κ2) is 12.4. The molecule has 0 fully saturated rings. The summed E-state index contributed by atoms with van der Waals surface area (Å²) >= 11 is 17.8. The highest BCUT2D eigenvalue weighted by atomic mass is 35.5. The average molecular weight is 605 g/mol. The SMILES string of the molecule is Cl.N#Cc1ccc2c3c(n(C(=O)NCc4cc(Cl)nc(Cl)c4)c2c1)CCN(C/C=C/c1ccc(Cl)c(F)c1)C3. The van der Waals surface area contributed by atoms with Gasteiger partial charge in [0, 0.05) is 43.7 Å². The van der Waals surface area contributed by atoms with Gasteiger partial charge in [-0.25, -0.2) is 14.2 Å². The maximum atomic E-state index is 13.7. The number of aromatic nitrogens is 2. The molecule has 39 heavy (non-hydrogen) atoms. The van der Waals surface area contributed by atoms with Crippen molar-refractivity contribution in [3.8, 4) is 6.07 Å². The normalized spacial score (nSPS) is 13.2. The summed E-state index contributed by atoms with van der Waals surface area (Å²) in [6.45, 7) is 2.24. The van der Waals surface area contributed by atoms with E-state index in [1.807, 2.05) is 18.2 Å². The Morgan fingerprint density at radius 3 is 2.62 bits per heavy atom. The lowest BCUT2D eigenvalue weighted by molar-refractivity contribution is 0.240. The predicted octanol–water partition coefficient (Wildman–Crippen LogP) is 7.26. The zero-order valence-corrected chi connectivity index (χ0v) is 23.5.